The van der Waals surface area contributed by atoms with E-state index in [-0.39, 0.29) is 5.91 Å². The van der Waals surface area contributed by atoms with Crippen LogP contribution in [-0.4, -0.2) is 32.1 Å². The van der Waals surface area contributed by atoms with Crippen LogP contribution in [0.4, 0.5) is 11.4 Å². The molecule has 4 nitrogen and oxygen atoms in total. The molecular weight excluding hydrogens is 226 g/mol. The molecule has 1 amide bonds. The second-order valence-electron chi connectivity index (χ2n) is 4.57. The summed E-state index contributed by atoms with van der Waals surface area (Å²) in [6.45, 7) is 5.40. The van der Waals surface area contributed by atoms with Gasteiger partial charge in [-0.2, -0.15) is 0 Å². The number of nitrogens with zero attached hydrogens (tertiary/aromatic N) is 1. The van der Waals surface area contributed by atoms with Gasteiger partial charge >= 0.3 is 0 Å². The van der Waals surface area contributed by atoms with Gasteiger partial charge in [-0.1, -0.05) is 13.0 Å². The summed E-state index contributed by atoms with van der Waals surface area (Å²) in [7, 11) is 0. The molecule has 1 fully saturated rings. The summed E-state index contributed by atoms with van der Waals surface area (Å²) in [5.74, 6) is 0.00965. The molecule has 0 unspecified atom stereocenters. The number of carbonyl (C=O) groups is 1. The molecule has 1 aliphatic rings. The van der Waals surface area contributed by atoms with E-state index in [0.29, 0.717) is 6.54 Å². The van der Waals surface area contributed by atoms with E-state index in [9.17, 15) is 4.79 Å². The number of amides is 1. The maximum atomic E-state index is 11.6. The van der Waals surface area contributed by atoms with Crippen molar-refractivity contribution in [2.45, 2.75) is 19.8 Å². The van der Waals surface area contributed by atoms with Crippen LogP contribution in [0.3, 0.4) is 0 Å². The number of nitrogens with one attached hydrogen (secondary N) is 2. The summed E-state index contributed by atoms with van der Waals surface area (Å²) >= 11 is 0. The molecule has 0 radical (unpaired) electrons. The highest BCUT2D eigenvalue weighted by molar-refractivity contribution is 5.92. The van der Waals surface area contributed by atoms with Crippen LogP contribution in [0.2, 0.25) is 0 Å². The van der Waals surface area contributed by atoms with Crippen LogP contribution in [0.1, 0.15) is 19.8 Å². The molecule has 1 heterocycles. The van der Waals surface area contributed by atoms with E-state index in [0.717, 1.165) is 25.3 Å². The molecular formula is C14H21N3O. The van der Waals surface area contributed by atoms with Crippen LogP contribution in [0.25, 0.3) is 0 Å². The minimum absolute atomic E-state index is 0.00965. The second kappa shape index (κ2) is 6.40. The second-order valence-corrected chi connectivity index (χ2v) is 4.57. The number of anilines is 2. The van der Waals surface area contributed by atoms with E-state index in [1.54, 1.807) is 0 Å². The van der Waals surface area contributed by atoms with Crippen LogP contribution >= 0.6 is 0 Å². The molecule has 0 bridgehead atoms. The lowest BCUT2D eigenvalue weighted by Crippen LogP contribution is -2.27. The van der Waals surface area contributed by atoms with Crippen molar-refractivity contribution in [1.29, 1.82) is 0 Å². The number of hydrogen-bond acceptors (Lipinski definition) is 3. The number of benzene rings is 1. The zero-order chi connectivity index (χ0) is 12.8. The van der Waals surface area contributed by atoms with Gasteiger partial charge in [-0.15, -0.1) is 0 Å². The Morgan fingerprint density at radius 3 is 2.83 bits per heavy atom. The van der Waals surface area contributed by atoms with Crippen molar-refractivity contribution in [2.24, 2.45) is 0 Å². The molecule has 0 spiro atoms. The van der Waals surface area contributed by atoms with Gasteiger partial charge in [0, 0.05) is 24.5 Å². The first-order valence-corrected chi connectivity index (χ1v) is 6.65. The van der Waals surface area contributed by atoms with Crippen molar-refractivity contribution in [3.05, 3.63) is 24.3 Å². The minimum Gasteiger partial charge on any atom is -0.371 e. The molecule has 2 rings (SSSR count). The summed E-state index contributed by atoms with van der Waals surface area (Å²) < 4.78 is 0. The Kier molecular flexibility index (Phi) is 4.59. The van der Waals surface area contributed by atoms with E-state index >= 15 is 0 Å². The van der Waals surface area contributed by atoms with Gasteiger partial charge in [0.2, 0.25) is 5.91 Å². The first kappa shape index (κ1) is 12.9. The molecule has 2 N–H and O–H groups in total. The highest BCUT2D eigenvalue weighted by atomic mass is 16.1. The SMILES string of the molecule is CCNCC(=O)Nc1cccc(N2CCCC2)c1. The normalized spacial score (nSPS) is 14.8. The van der Waals surface area contributed by atoms with Crippen molar-refractivity contribution in [1.82, 2.24) is 5.32 Å². The van der Waals surface area contributed by atoms with Crippen molar-refractivity contribution in [2.75, 3.05) is 36.4 Å². The Bertz CT molecular complexity index is 400. The van der Waals surface area contributed by atoms with E-state index < -0.39 is 0 Å². The Labute approximate surface area is 108 Å². The number of carbonyl (C=O) groups excluding carboxylic acids is 1. The molecule has 1 saturated heterocycles. The summed E-state index contributed by atoms with van der Waals surface area (Å²) in [5, 5.41) is 5.93. The van der Waals surface area contributed by atoms with Gasteiger partial charge in [0.25, 0.3) is 0 Å². The number of rotatable bonds is 5. The minimum atomic E-state index is 0.00965. The maximum absolute atomic E-state index is 11.6. The van der Waals surface area contributed by atoms with Gasteiger partial charge in [-0.3, -0.25) is 4.79 Å². The first-order valence-electron chi connectivity index (χ1n) is 6.65. The number of hydrogen-bond donors (Lipinski definition) is 2. The monoisotopic (exact) mass is 247 g/mol. The topological polar surface area (TPSA) is 44.4 Å². The zero-order valence-electron chi connectivity index (χ0n) is 10.9. The summed E-state index contributed by atoms with van der Waals surface area (Å²) in [5.41, 5.74) is 2.08. The lowest BCUT2D eigenvalue weighted by molar-refractivity contribution is -0.115. The molecule has 1 aromatic rings. The van der Waals surface area contributed by atoms with Gasteiger partial charge in [0.05, 0.1) is 6.54 Å². The van der Waals surface area contributed by atoms with Gasteiger partial charge in [-0.05, 0) is 37.6 Å². The van der Waals surface area contributed by atoms with Crippen molar-refractivity contribution in [3.8, 4) is 0 Å². The Morgan fingerprint density at radius 2 is 2.11 bits per heavy atom. The van der Waals surface area contributed by atoms with Crippen LogP contribution < -0.4 is 15.5 Å². The fraction of sp³-hybridized carbons (Fsp3) is 0.500. The van der Waals surface area contributed by atoms with E-state index in [4.69, 9.17) is 0 Å². The van der Waals surface area contributed by atoms with Gasteiger partial charge in [0.1, 0.15) is 0 Å². The van der Waals surface area contributed by atoms with Crippen LogP contribution in [0.5, 0.6) is 0 Å². The third-order valence-electron chi connectivity index (χ3n) is 3.14. The van der Waals surface area contributed by atoms with Gasteiger partial charge in [-0.25, -0.2) is 0 Å². The van der Waals surface area contributed by atoms with Gasteiger partial charge < -0.3 is 15.5 Å². The Balaban J connectivity index is 1.96. The molecule has 4 heteroatoms. The van der Waals surface area contributed by atoms with Gasteiger partial charge in [0.15, 0.2) is 0 Å². The molecule has 18 heavy (non-hydrogen) atoms. The lowest BCUT2D eigenvalue weighted by Gasteiger charge is -2.18. The predicted octanol–water partition coefficient (Wildman–Crippen LogP) is 1.83. The average Bonchev–Trinajstić information content (AvgIpc) is 2.90. The molecule has 0 aromatic heterocycles. The third kappa shape index (κ3) is 3.47. The van der Waals surface area contributed by atoms with Crippen molar-refractivity contribution >= 4 is 17.3 Å². The Morgan fingerprint density at radius 1 is 1.33 bits per heavy atom. The highest BCUT2D eigenvalue weighted by Crippen LogP contribution is 2.23. The molecule has 1 aliphatic heterocycles. The molecule has 98 valence electrons. The van der Waals surface area contributed by atoms with Crippen LogP contribution in [0.15, 0.2) is 24.3 Å². The van der Waals surface area contributed by atoms with E-state index in [1.165, 1.54) is 18.5 Å². The van der Waals surface area contributed by atoms with Crippen molar-refractivity contribution in [3.63, 3.8) is 0 Å². The highest BCUT2D eigenvalue weighted by Gasteiger charge is 2.12. The molecule has 0 saturated carbocycles. The van der Waals surface area contributed by atoms with Crippen LogP contribution in [0, 0.1) is 0 Å². The molecule has 0 atom stereocenters. The standard InChI is InChI=1S/C14H21N3O/c1-2-15-11-14(18)16-12-6-5-7-13(10-12)17-8-3-4-9-17/h5-7,10,15H,2-4,8-9,11H2,1H3,(H,16,18). The third-order valence-corrected chi connectivity index (χ3v) is 3.14. The lowest BCUT2D eigenvalue weighted by atomic mass is 10.2. The fourth-order valence-electron chi connectivity index (χ4n) is 2.20. The predicted molar refractivity (Wildman–Crippen MR) is 75.1 cm³/mol. The molecule has 0 aliphatic carbocycles. The van der Waals surface area contributed by atoms with E-state index in [1.807, 2.05) is 19.1 Å². The zero-order valence-corrected chi connectivity index (χ0v) is 10.9. The number of likely N-dealkylation sites (N-methyl/N-ethyl adjacent to an activating group) is 1. The average molecular weight is 247 g/mol. The van der Waals surface area contributed by atoms with Crippen LogP contribution in [-0.2, 0) is 4.79 Å². The maximum Gasteiger partial charge on any atom is 0.238 e. The Hall–Kier alpha value is -1.55. The smallest absolute Gasteiger partial charge is 0.238 e. The van der Waals surface area contributed by atoms with E-state index in [2.05, 4.69) is 27.7 Å². The fourth-order valence-corrected chi connectivity index (χ4v) is 2.20. The largest absolute Gasteiger partial charge is 0.371 e. The quantitative estimate of drug-likeness (QED) is 0.834. The molecule has 1 aromatic carbocycles. The summed E-state index contributed by atoms with van der Waals surface area (Å²) in [6.07, 6.45) is 2.52. The summed E-state index contributed by atoms with van der Waals surface area (Å²) in [4.78, 5) is 14.0. The van der Waals surface area contributed by atoms with Crippen molar-refractivity contribution < 1.29 is 4.79 Å². The summed E-state index contributed by atoms with van der Waals surface area (Å²) in [6, 6.07) is 8.08. The first-order chi connectivity index (χ1) is 8.79.